The summed E-state index contributed by atoms with van der Waals surface area (Å²) in [6.07, 6.45) is 2.29. The number of urea groups is 1. The van der Waals surface area contributed by atoms with Gasteiger partial charge < -0.3 is 20.1 Å². The van der Waals surface area contributed by atoms with Gasteiger partial charge in [0, 0.05) is 36.3 Å². The number of carbonyl (C=O) groups is 2. The summed E-state index contributed by atoms with van der Waals surface area (Å²) >= 11 is 0. The molecule has 0 spiro atoms. The van der Waals surface area contributed by atoms with Gasteiger partial charge in [0.15, 0.2) is 0 Å². The molecule has 7 heteroatoms. The van der Waals surface area contributed by atoms with E-state index in [1.807, 2.05) is 30.0 Å². The van der Waals surface area contributed by atoms with Gasteiger partial charge in [-0.3, -0.25) is 4.79 Å². The number of nitrogens with zero attached hydrogens (tertiary/aromatic N) is 2. The zero-order chi connectivity index (χ0) is 19.4. The molecule has 3 rings (SSSR count). The van der Waals surface area contributed by atoms with Crippen molar-refractivity contribution in [3.8, 4) is 0 Å². The Kier molecular flexibility index (Phi) is 5.78. The fourth-order valence-corrected chi connectivity index (χ4v) is 3.22. The molecule has 2 aromatic rings. The number of amides is 3. The van der Waals surface area contributed by atoms with Gasteiger partial charge in [0.25, 0.3) is 0 Å². The average Bonchev–Trinajstić information content (AvgIpc) is 3.20. The van der Waals surface area contributed by atoms with Crippen LogP contribution in [-0.2, 0) is 17.8 Å². The van der Waals surface area contributed by atoms with Gasteiger partial charge in [0.2, 0.25) is 5.91 Å². The number of hydrogen-bond acceptors (Lipinski definition) is 4. The maximum absolute atomic E-state index is 12.1. The number of rotatable bonds is 6. The molecule has 1 aromatic heterocycles. The molecule has 7 nitrogen and oxygen atoms in total. The third kappa shape index (κ3) is 4.87. The Hall–Kier alpha value is -2.83. The molecule has 2 heterocycles. The SMILES string of the molecule is CC(C)Cc1cc(CNC(=O)Nc2ccc(N3C(=O)CCC3C)cc2)no1. The van der Waals surface area contributed by atoms with E-state index < -0.39 is 0 Å². The Morgan fingerprint density at radius 2 is 2.07 bits per heavy atom. The third-order valence-corrected chi connectivity index (χ3v) is 4.54. The van der Waals surface area contributed by atoms with Crippen molar-refractivity contribution in [2.24, 2.45) is 5.92 Å². The van der Waals surface area contributed by atoms with Crippen molar-refractivity contribution < 1.29 is 14.1 Å². The van der Waals surface area contributed by atoms with Crippen molar-refractivity contribution in [3.05, 3.63) is 41.8 Å². The number of benzene rings is 1. The van der Waals surface area contributed by atoms with Crippen LogP contribution in [0.25, 0.3) is 0 Å². The zero-order valence-corrected chi connectivity index (χ0v) is 16.0. The lowest BCUT2D eigenvalue weighted by Gasteiger charge is -2.21. The molecule has 2 N–H and O–H groups in total. The summed E-state index contributed by atoms with van der Waals surface area (Å²) in [5.41, 5.74) is 2.21. The second-order valence-electron chi connectivity index (χ2n) is 7.39. The topological polar surface area (TPSA) is 87.5 Å². The molecule has 1 aliphatic rings. The first-order valence-corrected chi connectivity index (χ1v) is 9.34. The molecule has 1 unspecified atom stereocenters. The lowest BCUT2D eigenvalue weighted by molar-refractivity contribution is -0.117. The normalized spacial score (nSPS) is 16.8. The fraction of sp³-hybridized carbons (Fsp3) is 0.450. The van der Waals surface area contributed by atoms with Gasteiger partial charge >= 0.3 is 6.03 Å². The average molecular weight is 370 g/mol. The van der Waals surface area contributed by atoms with Crippen molar-refractivity contribution >= 4 is 23.3 Å². The first kappa shape index (κ1) is 18.9. The minimum absolute atomic E-state index is 0.144. The van der Waals surface area contributed by atoms with Crippen LogP contribution >= 0.6 is 0 Å². The van der Waals surface area contributed by atoms with E-state index in [1.54, 1.807) is 12.1 Å². The lowest BCUT2D eigenvalue weighted by Crippen LogP contribution is -2.30. The van der Waals surface area contributed by atoms with E-state index in [0.717, 1.165) is 24.3 Å². The van der Waals surface area contributed by atoms with E-state index in [0.29, 0.717) is 30.3 Å². The van der Waals surface area contributed by atoms with Gasteiger partial charge in [-0.2, -0.15) is 0 Å². The summed E-state index contributed by atoms with van der Waals surface area (Å²) in [6, 6.07) is 9.05. The Balaban J connectivity index is 1.50. The van der Waals surface area contributed by atoms with Crippen LogP contribution in [0.4, 0.5) is 16.2 Å². The van der Waals surface area contributed by atoms with E-state index in [1.165, 1.54) is 0 Å². The summed E-state index contributed by atoms with van der Waals surface area (Å²) < 4.78 is 5.25. The molecule has 144 valence electrons. The first-order chi connectivity index (χ1) is 12.9. The van der Waals surface area contributed by atoms with Crippen LogP contribution in [0.1, 0.15) is 45.1 Å². The molecule has 0 radical (unpaired) electrons. The quantitative estimate of drug-likeness (QED) is 0.811. The number of nitrogens with one attached hydrogen (secondary N) is 2. The molecule has 1 aromatic carbocycles. The lowest BCUT2D eigenvalue weighted by atomic mass is 10.1. The van der Waals surface area contributed by atoms with E-state index in [4.69, 9.17) is 4.52 Å². The summed E-state index contributed by atoms with van der Waals surface area (Å²) in [5.74, 6) is 1.46. The van der Waals surface area contributed by atoms with Gasteiger partial charge in [0.1, 0.15) is 11.5 Å². The van der Waals surface area contributed by atoms with Gasteiger partial charge in [0.05, 0.1) is 6.54 Å². The first-order valence-electron chi connectivity index (χ1n) is 9.34. The second kappa shape index (κ2) is 8.24. The number of anilines is 2. The van der Waals surface area contributed by atoms with E-state index in [9.17, 15) is 9.59 Å². The molecule has 1 atom stereocenters. The Morgan fingerprint density at radius 3 is 2.70 bits per heavy atom. The van der Waals surface area contributed by atoms with Gasteiger partial charge in [-0.05, 0) is 43.5 Å². The highest BCUT2D eigenvalue weighted by molar-refractivity contribution is 5.96. The monoisotopic (exact) mass is 370 g/mol. The predicted octanol–water partition coefficient (Wildman–Crippen LogP) is 3.71. The van der Waals surface area contributed by atoms with Crippen LogP contribution in [0, 0.1) is 5.92 Å². The standard InChI is InChI=1S/C20H26N4O3/c1-13(2)10-18-11-16(23-27-18)12-21-20(26)22-15-5-7-17(8-6-15)24-14(3)4-9-19(24)25/h5-8,11,13-14H,4,9-10,12H2,1-3H3,(H2,21,22,26). The van der Waals surface area contributed by atoms with Crippen LogP contribution < -0.4 is 15.5 Å². The molecule has 1 aliphatic heterocycles. The van der Waals surface area contributed by atoms with Crippen molar-refractivity contribution in [1.29, 1.82) is 0 Å². The van der Waals surface area contributed by atoms with Crippen molar-refractivity contribution in [2.45, 2.75) is 52.6 Å². The van der Waals surface area contributed by atoms with Crippen molar-refractivity contribution in [2.75, 3.05) is 10.2 Å². The van der Waals surface area contributed by atoms with Gasteiger partial charge in [-0.1, -0.05) is 19.0 Å². The second-order valence-corrected chi connectivity index (χ2v) is 7.39. The predicted molar refractivity (Wildman–Crippen MR) is 104 cm³/mol. The maximum Gasteiger partial charge on any atom is 0.319 e. The minimum Gasteiger partial charge on any atom is -0.361 e. The Morgan fingerprint density at radius 1 is 1.33 bits per heavy atom. The number of carbonyl (C=O) groups excluding carboxylic acids is 2. The van der Waals surface area contributed by atoms with E-state index >= 15 is 0 Å². The third-order valence-electron chi connectivity index (χ3n) is 4.54. The molecule has 3 amide bonds. The molecule has 0 bridgehead atoms. The maximum atomic E-state index is 12.1. The highest BCUT2D eigenvalue weighted by Crippen LogP contribution is 2.27. The van der Waals surface area contributed by atoms with Crippen LogP contribution in [0.2, 0.25) is 0 Å². The molecular weight excluding hydrogens is 344 g/mol. The minimum atomic E-state index is -0.318. The van der Waals surface area contributed by atoms with Gasteiger partial charge in [-0.15, -0.1) is 0 Å². The molecule has 1 saturated heterocycles. The van der Waals surface area contributed by atoms with E-state index in [2.05, 4.69) is 29.6 Å². The number of aromatic nitrogens is 1. The van der Waals surface area contributed by atoms with E-state index in [-0.39, 0.29) is 18.0 Å². The Labute approximate surface area is 159 Å². The fourth-order valence-electron chi connectivity index (χ4n) is 3.22. The van der Waals surface area contributed by atoms with Gasteiger partial charge in [-0.25, -0.2) is 4.79 Å². The smallest absolute Gasteiger partial charge is 0.319 e. The molecule has 0 saturated carbocycles. The van der Waals surface area contributed by atoms with Crippen LogP contribution in [0.5, 0.6) is 0 Å². The van der Waals surface area contributed by atoms with Crippen LogP contribution in [0.3, 0.4) is 0 Å². The van der Waals surface area contributed by atoms with Crippen LogP contribution in [0.15, 0.2) is 34.9 Å². The summed E-state index contributed by atoms with van der Waals surface area (Å²) in [5, 5.41) is 9.50. The summed E-state index contributed by atoms with van der Waals surface area (Å²) in [6.45, 7) is 6.56. The number of hydrogen-bond donors (Lipinski definition) is 2. The van der Waals surface area contributed by atoms with Crippen molar-refractivity contribution in [1.82, 2.24) is 10.5 Å². The molecule has 27 heavy (non-hydrogen) atoms. The summed E-state index contributed by atoms with van der Waals surface area (Å²) in [7, 11) is 0. The Bertz CT molecular complexity index is 798. The largest absolute Gasteiger partial charge is 0.361 e. The van der Waals surface area contributed by atoms with Crippen molar-refractivity contribution in [3.63, 3.8) is 0 Å². The molecule has 1 fully saturated rings. The van der Waals surface area contributed by atoms with Crippen LogP contribution in [-0.4, -0.2) is 23.1 Å². The highest BCUT2D eigenvalue weighted by Gasteiger charge is 2.28. The highest BCUT2D eigenvalue weighted by atomic mass is 16.5. The molecule has 0 aliphatic carbocycles. The molecular formula is C20H26N4O3. The summed E-state index contributed by atoms with van der Waals surface area (Å²) in [4.78, 5) is 25.8. The zero-order valence-electron chi connectivity index (χ0n) is 16.0.